The monoisotopic (exact) mass is 362 g/mol. The number of pyridine rings is 2. The van der Waals surface area contributed by atoms with Gasteiger partial charge >= 0.3 is 0 Å². The highest BCUT2D eigenvalue weighted by Gasteiger charge is 2.41. The minimum Gasteiger partial charge on any atom is -0.375 e. The fourth-order valence-corrected chi connectivity index (χ4v) is 4.61. The second-order valence-electron chi connectivity index (χ2n) is 8.11. The molecule has 5 rings (SSSR count). The molecule has 2 aliphatic heterocycles. The molecule has 2 saturated heterocycles. The average molecular weight is 362 g/mol. The maximum absolute atomic E-state index is 6.26. The summed E-state index contributed by atoms with van der Waals surface area (Å²) in [7, 11) is 0. The molecule has 0 amide bonds. The Morgan fingerprint density at radius 2 is 2.11 bits per heavy atom. The number of piperidine rings is 1. The van der Waals surface area contributed by atoms with Gasteiger partial charge in [0.15, 0.2) is 0 Å². The van der Waals surface area contributed by atoms with Crippen molar-refractivity contribution in [1.29, 1.82) is 0 Å². The fraction of sp³-hybridized carbons (Fsp3) is 0.455. The molecule has 1 spiro atoms. The summed E-state index contributed by atoms with van der Waals surface area (Å²) < 4.78 is 8.39. The Bertz CT molecular complexity index is 958. The molecule has 0 aromatic carbocycles. The molecule has 5 nitrogen and oxygen atoms in total. The maximum Gasteiger partial charge on any atom is 0.137 e. The zero-order valence-corrected chi connectivity index (χ0v) is 15.8. The number of rotatable bonds is 3. The molecular formula is C22H26N4O. The van der Waals surface area contributed by atoms with Crippen molar-refractivity contribution >= 4 is 5.65 Å². The van der Waals surface area contributed by atoms with Crippen LogP contribution in [-0.4, -0.2) is 39.7 Å². The Kier molecular flexibility index (Phi) is 4.21. The van der Waals surface area contributed by atoms with Gasteiger partial charge in [-0.2, -0.15) is 0 Å². The van der Waals surface area contributed by atoms with Gasteiger partial charge in [-0.05, 0) is 75.4 Å². The van der Waals surface area contributed by atoms with Gasteiger partial charge in [0.25, 0.3) is 0 Å². The number of nitrogens with one attached hydrogen (secondary N) is 1. The lowest BCUT2D eigenvalue weighted by Gasteiger charge is -2.33. The first-order valence-electron chi connectivity index (χ1n) is 9.96. The van der Waals surface area contributed by atoms with E-state index in [1.807, 2.05) is 6.20 Å². The predicted octanol–water partition coefficient (Wildman–Crippen LogP) is 3.41. The lowest BCUT2D eigenvalue weighted by Crippen LogP contribution is -2.41. The number of hydrogen-bond acceptors (Lipinski definition) is 4. The summed E-state index contributed by atoms with van der Waals surface area (Å²) in [5.74, 6) is 0.565. The predicted molar refractivity (Wildman–Crippen MR) is 106 cm³/mol. The van der Waals surface area contributed by atoms with Crippen LogP contribution < -0.4 is 5.32 Å². The summed E-state index contributed by atoms with van der Waals surface area (Å²) in [6, 6.07) is 10.5. The second kappa shape index (κ2) is 6.73. The molecule has 140 valence electrons. The van der Waals surface area contributed by atoms with Crippen molar-refractivity contribution in [2.75, 3.05) is 19.7 Å². The minimum absolute atomic E-state index is 0.118. The first kappa shape index (κ1) is 16.9. The first-order chi connectivity index (χ1) is 13.2. The standard InChI is InChI=1S/C22H26N4O/c1-16-5-6-21-24-13-20(26(21)14-16)19-4-2-3-18(25-19)11-17-12-22(27-15-17)7-9-23-10-8-22/h2-6,13-14,17,23H,7-12,15H2,1H3/t17-/m1/s1. The van der Waals surface area contributed by atoms with E-state index in [9.17, 15) is 0 Å². The van der Waals surface area contributed by atoms with E-state index in [0.717, 1.165) is 68.1 Å². The van der Waals surface area contributed by atoms with Crippen molar-refractivity contribution in [3.05, 3.63) is 54.0 Å². The van der Waals surface area contributed by atoms with E-state index in [-0.39, 0.29) is 5.60 Å². The molecule has 1 atom stereocenters. The number of hydrogen-bond donors (Lipinski definition) is 1. The third kappa shape index (κ3) is 3.26. The van der Waals surface area contributed by atoms with Crippen molar-refractivity contribution in [2.24, 2.45) is 5.92 Å². The van der Waals surface area contributed by atoms with Crippen LogP contribution in [0, 0.1) is 12.8 Å². The van der Waals surface area contributed by atoms with Crippen LogP contribution in [0.2, 0.25) is 0 Å². The second-order valence-corrected chi connectivity index (χ2v) is 8.11. The third-order valence-corrected chi connectivity index (χ3v) is 6.02. The summed E-state index contributed by atoms with van der Waals surface area (Å²) in [6.45, 7) is 5.12. The number of imidazole rings is 1. The van der Waals surface area contributed by atoms with Crippen LogP contribution in [0.4, 0.5) is 0 Å². The maximum atomic E-state index is 6.26. The molecule has 0 aliphatic carbocycles. The lowest BCUT2D eigenvalue weighted by atomic mass is 9.85. The SMILES string of the molecule is Cc1ccc2ncc(-c3cccc(C[C@H]4COC5(CCNCC5)C4)n3)n2c1. The van der Waals surface area contributed by atoms with Crippen LogP contribution in [0.3, 0.4) is 0 Å². The number of aromatic nitrogens is 3. The van der Waals surface area contributed by atoms with Gasteiger partial charge in [-0.3, -0.25) is 9.38 Å². The van der Waals surface area contributed by atoms with Crippen molar-refractivity contribution in [2.45, 2.75) is 38.2 Å². The molecule has 0 unspecified atom stereocenters. The summed E-state index contributed by atoms with van der Waals surface area (Å²) in [5, 5.41) is 3.44. The highest BCUT2D eigenvalue weighted by atomic mass is 16.5. The molecule has 5 heteroatoms. The Labute approximate surface area is 159 Å². The molecule has 27 heavy (non-hydrogen) atoms. The van der Waals surface area contributed by atoms with Crippen LogP contribution in [0.25, 0.3) is 17.0 Å². The molecule has 0 bridgehead atoms. The van der Waals surface area contributed by atoms with Crippen molar-refractivity contribution in [3.8, 4) is 11.4 Å². The number of aryl methyl sites for hydroxylation is 1. The summed E-state index contributed by atoms with van der Waals surface area (Å²) in [5.41, 5.74) is 5.48. The third-order valence-electron chi connectivity index (χ3n) is 6.02. The van der Waals surface area contributed by atoms with Crippen molar-refractivity contribution in [3.63, 3.8) is 0 Å². The summed E-state index contributed by atoms with van der Waals surface area (Å²) >= 11 is 0. The smallest absolute Gasteiger partial charge is 0.137 e. The fourth-order valence-electron chi connectivity index (χ4n) is 4.61. The Morgan fingerprint density at radius 3 is 3.00 bits per heavy atom. The van der Waals surface area contributed by atoms with Gasteiger partial charge in [-0.15, -0.1) is 0 Å². The molecule has 3 aromatic rings. The molecule has 1 N–H and O–H groups in total. The van der Waals surface area contributed by atoms with Gasteiger partial charge in [-0.25, -0.2) is 4.98 Å². The average Bonchev–Trinajstić information content (AvgIpc) is 3.27. The summed E-state index contributed by atoms with van der Waals surface area (Å²) in [4.78, 5) is 9.49. The van der Waals surface area contributed by atoms with Gasteiger partial charge in [0, 0.05) is 11.9 Å². The van der Waals surface area contributed by atoms with Crippen LogP contribution in [-0.2, 0) is 11.2 Å². The van der Waals surface area contributed by atoms with E-state index in [4.69, 9.17) is 9.72 Å². The quantitative estimate of drug-likeness (QED) is 0.776. The Morgan fingerprint density at radius 1 is 1.22 bits per heavy atom. The highest BCUT2D eigenvalue weighted by molar-refractivity contribution is 5.60. The summed E-state index contributed by atoms with van der Waals surface area (Å²) in [6.07, 6.45) is 8.46. The van der Waals surface area contributed by atoms with Crippen LogP contribution in [0.1, 0.15) is 30.5 Å². The van der Waals surface area contributed by atoms with E-state index in [1.165, 1.54) is 5.56 Å². The van der Waals surface area contributed by atoms with Crippen LogP contribution in [0.15, 0.2) is 42.7 Å². The molecule has 0 saturated carbocycles. The normalized spacial score (nSPS) is 21.9. The number of ether oxygens (including phenoxy) is 1. The van der Waals surface area contributed by atoms with Crippen LogP contribution >= 0.6 is 0 Å². The van der Waals surface area contributed by atoms with E-state index >= 15 is 0 Å². The number of fused-ring (bicyclic) bond motifs is 1. The number of nitrogens with zero attached hydrogens (tertiary/aromatic N) is 3. The lowest BCUT2D eigenvalue weighted by molar-refractivity contribution is -0.0196. The zero-order chi connectivity index (χ0) is 18.3. The van der Waals surface area contributed by atoms with Gasteiger partial charge in [0.05, 0.1) is 29.8 Å². The van der Waals surface area contributed by atoms with Crippen molar-refractivity contribution < 1.29 is 4.74 Å². The molecule has 5 heterocycles. The van der Waals surface area contributed by atoms with E-state index in [0.29, 0.717) is 5.92 Å². The van der Waals surface area contributed by atoms with Gasteiger partial charge in [-0.1, -0.05) is 12.1 Å². The Hall–Kier alpha value is -2.24. The molecule has 3 aromatic heterocycles. The van der Waals surface area contributed by atoms with E-state index < -0.39 is 0 Å². The van der Waals surface area contributed by atoms with E-state index in [1.54, 1.807) is 0 Å². The molecule has 2 aliphatic rings. The van der Waals surface area contributed by atoms with Crippen LogP contribution in [0.5, 0.6) is 0 Å². The van der Waals surface area contributed by atoms with Crippen molar-refractivity contribution in [1.82, 2.24) is 19.7 Å². The molecule has 2 fully saturated rings. The van der Waals surface area contributed by atoms with E-state index in [2.05, 4.69) is 58.2 Å². The zero-order valence-electron chi connectivity index (χ0n) is 15.8. The minimum atomic E-state index is 0.118. The highest BCUT2D eigenvalue weighted by Crippen LogP contribution is 2.38. The topological polar surface area (TPSA) is 51.5 Å². The first-order valence-corrected chi connectivity index (χ1v) is 9.96. The molecular weight excluding hydrogens is 336 g/mol. The Balaban J connectivity index is 1.37. The van der Waals surface area contributed by atoms with Gasteiger partial charge in [0.2, 0.25) is 0 Å². The van der Waals surface area contributed by atoms with Gasteiger partial charge in [0.1, 0.15) is 5.65 Å². The molecule has 0 radical (unpaired) electrons. The van der Waals surface area contributed by atoms with Gasteiger partial charge < -0.3 is 10.1 Å². The largest absolute Gasteiger partial charge is 0.375 e.